The number of carbonyl (C=O) groups is 2. The summed E-state index contributed by atoms with van der Waals surface area (Å²) in [5.74, 6) is -1.55. The van der Waals surface area contributed by atoms with E-state index in [1.165, 1.54) is 6.07 Å². The van der Waals surface area contributed by atoms with Gasteiger partial charge in [-0.25, -0.2) is 9.29 Å². The number of benzene rings is 1. The third-order valence-electron chi connectivity index (χ3n) is 3.68. The summed E-state index contributed by atoms with van der Waals surface area (Å²) in [6.07, 6.45) is 0.0203. The minimum absolute atomic E-state index is 0.0400. The molecule has 136 valence electrons. The Morgan fingerprint density at radius 1 is 1.28 bits per heavy atom. The number of imide groups is 1. The normalized spacial score (nSPS) is 14.7. The molecule has 1 heterocycles. The molecule has 0 aliphatic carbocycles. The molecule has 1 aliphatic heterocycles. The van der Waals surface area contributed by atoms with Gasteiger partial charge in [0.05, 0.1) is 29.8 Å². The molecule has 0 atom stereocenters. The first-order chi connectivity index (χ1) is 11.7. The van der Waals surface area contributed by atoms with Crippen molar-refractivity contribution < 1.29 is 23.5 Å². The maximum Gasteiger partial charge on any atom is 0.261 e. The van der Waals surface area contributed by atoms with E-state index < -0.39 is 17.6 Å². The second-order valence-electron chi connectivity index (χ2n) is 6.19. The fraction of sp³-hybridized carbons (Fsp3) is 0.444. The Hall–Kier alpha value is -1.92. The second-order valence-corrected chi connectivity index (χ2v) is 6.60. The largest absolute Gasteiger partial charge is 0.490 e. The first-order valence-electron chi connectivity index (χ1n) is 7.99. The maximum absolute atomic E-state index is 14.3. The number of carbonyl (C=O) groups excluding carboxylic acids is 2. The number of anilines is 1. The van der Waals surface area contributed by atoms with Gasteiger partial charge in [0.2, 0.25) is 5.91 Å². The van der Waals surface area contributed by atoms with Crippen LogP contribution >= 0.6 is 11.6 Å². The van der Waals surface area contributed by atoms with Crippen LogP contribution in [-0.2, 0) is 14.3 Å². The number of allylic oxidation sites excluding steroid dienone is 1. The predicted molar refractivity (Wildman–Crippen MR) is 93.5 cm³/mol. The lowest BCUT2D eigenvalue weighted by Crippen LogP contribution is -2.30. The third kappa shape index (κ3) is 4.38. The monoisotopic (exact) mass is 369 g/mol. The summed E-state index contributed by atoms with van der Waals surface area (Å²) < 4.78 is 25.2. The van der Waals surface area contributed by atoms with Gasteiger partial charge in [-0.05, 0) is 33.8 Å². The van der Waals surface area contributed by atoms with Crippen molar-refractivity contribution in [1.29, 1.82) is 0 Å². The number of halogens is 2. The van der Waals surface area contributed by atoms with Crippen molar-refractivity contribution in [3.05, 3.63) is 34.1 Å². The van der Waals surface area contributed by atoms with Crippen LogP contribution in [0.2, 0.25) is 5.02 Å². The highest BCUT2D eigenvalue weighted by Gasteiger charge is 2.37. The molecule has 5 nitrogen and oxygen atoms in total. The SMILES string of the molecule is CC(C)=C1CC(=O)N(c2cc(OCCOC(C)C)c(Cl)cc2F)C1=O. The molecule has 1 saturated heterocycles. The predicted octanol–water partition coefficient (Wildman–Crippen LogP) is 3.88. The van der Waals surface area contributed by atoms with Gasteiger partial charge in [0, 0.05) is 11.6 Å². The zero-order valence-electron chi connectivity index (χ0n) is 14.7. The quantitative estimate of drug-likeness (QED) is 0.434. The number of rotatable bonds is 6. The van der Waals surface area contributed by atoms with E-state index in [9.17, 15) is 14.0 Å². The van der Waals surface area contributed by atoms with E-state index in [-0.39, 0.29) is 35.6 Å². The van der Waals surface area contributed by atoms with Crippen molar-refractivity contribution >= 4 is 29.1 Å². The van der Waals surface area contributed by atoms with E-state index in [0.717, 1.165) is 16.5 Å². The Morgan fingerprint density at radius 2 is 1.96 bits per heavy atom. The van der Waals surface area contributed by atoms with Gasteiger partial charge in [0.1, 0.15) is 18.2 Å². The van der Waals surface area contributed by atoms with Gasteiger partial charge in [-0.1, -0.05) is 17.2 Å². The summed E-state index contributed by atoms with van der Waals surface area (Å²) in [7, 11) is 0. The fourth-order valence-electron chi connectivity index (χ4n) is 2.42. The molecule has 0 spiro atoms. The molecule has 1 aliphatic rings. The summed E-state index contributed by atoms with van der Waals surface area (Å²) in [5.41, 5.74) is 0.958. The van der Waals surface area contributed by atoms with E-state index in [2.05, 4.69) is 0 Å². The molecule has 0 radical (unpaired) electrons. The molecule has 0 aromatic heterocycles. The van der Waals surface area contributed by atoms with Crippen LogP contribution in [0.15, 0.2) is 23.3 Å². The average Bonchev–Trinajstić information content (AvgIpc) is 2.81. The number of hydrogen-bond acceptors (Lipinski definition) is 4. The molecule has 0 N–H and O–H groups in total. The molecular formula is C18H21ClFNO4. The second kappa shape index (κ2) is 7.97. The lowest BCUT2D eigenvalue weighted by molar-refractivity contribution is -0.120. The van der Waals surface area contributed by atoms with Crippen molar-refractivity contribution in [2.75, 3.05) is 18.1 Å². The van der Waals surface area contributed by atoms with Crippen LogP contribution < -0.4 is 9.64 Å². The molecule has 2 rings (SSSR count). The van der Waals surface area contributed by atoms with Crippen LogP contribution in [0.5, 0.6) is 5.75 Å². The Labute approximate surface area is 151 Å². The zero-order chi connectivity index (χ0) is 18.7. The summed E-state index contributed by atoms with van der Waals surface area (Å²) in [5, 5.41) is 0.0623. The van der Waals surface area contributed by atoms with Crippen LogP contribution in [0.1, 0.15) is 34.1 Å². The van der Waals surface area contributed by atoms with Crippen LogP contribution in [0.3, 0.4) is 0 Å². The maximum atomic E-state index is 14.3. The highest BCUT2D eigenvalue weighted by Crippen LogP contribution is 2.36. The molecule has 1 aromatic rings. The molecule has 7 heteroatoms. The lowest BCUT2D eigenvalue weighted by Gasteiger charge is -2.17. The summed E-state index contributed by atoms with van der Waals surface area (Å²) in [6, 6.07) is 2.31. The van der Waals surface area contributed by atoms with Crippen molar-refractivity contribution in [3.8, 4) is 5.75 Å². The molecule has 25 heavy (non-hydrogen) atoms. The molecule has 1 aromatic carbocycles. The Morgan fingerprint density at radius 3 is 2.52 bits per heavy atom. The Balaban J connectivity index is 2.27. The average molecular weight is 370 g/mol. The minimum Gasteiger partial charge on any atom is -0.490 e. The standard InChI is InChI=1S/C18H21ClFNO4/c1-10(2)12-7-17(22)21(18(12)23)15-9-16(13(19)8-14(15)20)25-6-5-24-11(3)4/h8-9,11H,5-7H2,1-4H3. The summed E-state index contributed by atoms with van der Waals surface area (Å²) in [6.45, 7) is 7.83. The fourth-order valence-corrected chi connectivity index (χ4v) is 2.63. The minimum atomic E-state index is -0.757. The molecule has 0 saturated carbocycles. The number of amides is 2. The van der Waals surface area contributed by atoms with Gasteiger partial charge < -0.3 is 9.47 Å². The van der Waals surface area contributed by atoms with Crippen LogP contribution in [0.4, 0.5) is 10.1 Å². The van der Waals surface area contributed by atoms with E-state index in [4.69, 9.17) is 21.1 Å². The van der Waals surface area contributed by atoms with Crippen molar-refractivity contribution in [3.63, 3.8) is 0 Å². The van der Waals surface area contributed by atoms with Gasteiger partial charge in [-0.15, -0.1) is 0 Å². The van der Waals surface area contributed by atoms with Gasteiger partial charge in [-0.3, -0.25) is 9.59 Å². The summed E-state index contributed by atoms with van der Waals surface area (Å²) in [4.78, 5) is 25.5. The lowest BCUT2D eigenvalue weighted by atomic mass is 10.1. The van der Waals surface area contributed by atoms with Crippen LogP contribution in [-0.4, -0.2) is 31.1 Å². The van der Waals surface area contributed by atoms with Gasteiger partial charge in [0.15, 0.2) is 0 Å². The van der Waals surface area contributed by atoms with Gasteiger partial charge in [-0.2, -0.15) is 0 Å². The van der Waals surface area contributed by atoms with E-state index >= 15 is 0 Å². The Kier molecular flexibility index (Phi) is 6.19. The van der Waals surface area contributed by atoms with E-state index in [1.807, 2.05) is 13.8 Å². The highest BCUT2D eigenvalue weighted by atomic mass is 35.5. The zero-order valence-corrected chi connectivity index (χ0v) is 15.4. The van der Waals surface area contributed by atoms with Crippen LogP contribution in [0.25, 0.3) is 0 Å². The molecular weight excluding hydrogens is 349 g/mol. The van der Waals surface area contributed by atoms with E-state index in [0.29, 0.717) is 12.2 Å². The van der Waals surface area contributed by atoms with Crippen molar-refractivity contribution in [1.82, 2.24) is 0 Å². The van der Waals surface area contributed by atoms with Gasteiger partial charge >= 0.3 is 0 Å². The smallest absolute Gasteiger partial charge is 0.261 e. The third-order valence-corrected chi connectivity index (χ3v) is 3.97. The number of nitrogens with zero attached hydrogens (tertiary/aromatic N) is 1. The molecule has 0 bridgehead atoms. The van der Waals surface area contributed by atoms with E-state index in [1.54, 1.807) is 13.8 Å². The molecule has 1 fully saturated rings. The van der Waals surface area contributed by atoms with Crippen molar-refractivity contribution in [2.24, 2.45) is 0 Å². The highest BCUT2D eigenvalue weighted by molar-refractivity contribution is 6.32. The van der Waals surface area contributed by atoms with Gasteiger partial charge in [0.25, 0.3) is 5.91 Å². The molecule has 2 amide bonds. The Bertz CT molecular complexity index is 726. The van der Waals surface area contributed by atoms with Crippen LogP contribution in [0, 0.1) is 5.82 Å². The topological polar surface area (TPSA) is 55.8 Å². The number of hydrogen-bond donors (Lipinski definition) is 0. The number of ether oxygens (including phenoxy) is 2. The van der Waals surface area contributed by atoms with Crippen molar-refractivity contribution in [2.45, 2.75) is 40.2 Å². The summed E-state index contributed by atoms with van der Waals surface area (Å²) >= 11 is 6.00. The molecule has 0 unspecified atom stereocenters. The first-order valence-corrected chi connectivity index (χ1v) is 8.37. The first kappa shape index (κ1) is 19.4.